The molecule has 1 aliphatic rings. The average Bonchev–Trinajstić information content (AvgIpc) is 2.75. The number of hydrogen-bond acceptors (Lipinski definition) is 5. The van der Waals surface area contributed by atoms with Crippen molar-refractivity contribution in [1.29, 1.82) is 0 Å². The molecule has 0 radical (unpaired) electrons. The van der Waals surface area contributed by atoms with Gasteiger partial charge in [0, 0.05) is 37.6 Å². The molecular weight excluding hydrogens is 352 g/mol. The second kappa shape index (κ2) is 8.61. The fraction of sp³-hybridized carbons (Fsp3) is 0.273. The molecule has 3 heterocycles. The van der Waals surface area contributed by atoms with E-state index in [0.29, 0.717) is 18.8 Å². The van der Waals surface area contributed by atoms with Gasteiger partial charge in [-0.1, -0.05) is 24.3 Å². The molecule has 1 saturated heterocycles. The van der Waals surface area contributed by atoms with Crippen molar-refractivity contribution < 1.29 is 9.53 Å². The standard InChI is InChI=1S/C22H22N4O2/c27-22(12-17-6-4-10-23-13-17)26-11-5-7-18(16-26)20-14-24-15-21(25-20)28-19-8-2-1-3-9-19/h1-4,6,8-10,13-15,18H,5,7,11-12,16H2/t18-/m1/s1. The molecule has 0 N–H and O–H groups in total. The summed E-state index contributed by atoms with van der Waals surface area (Å²) in [6.45, 7) is 1.44. The Morgan fingerprint density at radius 3 is 2.79 bits per heavy atom. The highest BCUT2D eigenvalue weighted by Crippen LogP contribution is 2.27. The third-order valence-electron chi connectivity index (χ3n) is 4.87. The van der Waals surface area contributed by atoms with E-state index in [1.54, 1.807) is 24.8 Å². The van der Waals surface area contributed by atoms with Gasteiger partial charge in [-0.3, -0.25) is 14.8 Å². The topological polar surface area (TPSA) is 68.2 Å². The summed E-state index contributed by atoms with van der Waals surface area (Å²) in [5, 5.41) is 0. The van der Waals surface area contributed by atoms with E-state index in [0.717, 1.165) is 36.4 Å². The van der Waals surface area contributed by atoms with Gasteiger partial charge in [0.25, 0.3) is 0 Å². The number of pyridine rings is 1. The first-order valence-electron chi connectivity index (χ1n) is 9.49. The van der Waals surface area contributed by atoms with E-state index in [-0.39, 0.29) is 11.8 Å². The molecule has 1 amide bonds. The first-order valence-corrected chi connectivity index (χ1v) is 9.49. The highest BCUT2D eigenvalue weighted by Gasteiger charge is 2.26. The number of benzene rings is 1. The van der Waals surface area contributed by atoms with Crippen LogP contribution in [0.4, 0.5) is 0 Å². The zero-order chi connectivity index (χ0) is 19.2. The number of amides is 1. The number of nitrogens with zero attached hydrogens (tertiary/aromatic N) is 4. The Morgan fingerprint density at radius 2 is 1.96 bits per heavy atom. The Balaban J connectivity index is 1.43. The number of aromatic nitrogens is 3. The van der Waals surface area contributed by atoms with Crippen LogP contribution in [-0.4, -0.2) is 38.8 Å². The van der Waals surface area contributed by atoms with Crippen molar-refractivity contribution in [2.75, 3.05) is 13.1 Å². The van der Waals surface area contributed by atoms with Gasteiger partial charge in [0.15, 0.2) is 0 Å². The Labute approximate surface area is 164 Å². The maximum atomic E-state index is 12.7. The van der Waals surface area contributed by atoms with Gasteiger partial charge in [-0.05, 0) is 36.6 Å². The third kappa shape index (κ3) is 4.52. The first kappa shape index (κ1) is 18.1. The molecule has 1 fully saturated rings. The lowest BCUT2D eigenvalue weighted by Gasteiger charge is -2.32. The number of rotatable bonds is 5. The zero-order valence-corrected chi connectivity index (χ0v) is 15.6. The van der Waals surface area contributed by atoms with Gasteiger partial charge in [-0.2, -0.15) is 0 Å². The molecule has 1 aliphatic heterocycles. The van der Waals surface area contributed by atoms with Crippen molar-refractivity contribution in [2.45, 2.75) is 25.2 Å². The normalized spacial score (nSPS) is 16.6. The molecule has 0 spiro atoms. The van der Waals surface area contributed by atoms with Crippen molar-refractivity contribution >= 4 is 5.91 Å². The van der Waals surface area contributed by atoms with Crippen LogP contribution in [-0.2, 0) is 11.2 Å². The summed E-state index contributed by atoms with van der Waals surface area (Å²) in [6, 6.07) is 13.3. The quantitative estimate of drug-likeness (QED) is 0.682. The number of para-hydroxylation sites is 1. The molecule has 6 nitrogen and oxygen atoms in total. The van der Waals surface area contributed by atoms with E-state index >= 15 is 0 Å². The molecule has 28 heavy (non-hydrogen) atoms. The lowest BCUT2D eigenvalue weighted by Crippen LogP contribution is -2.40. The smallest absolute Gasteiger partial charge is 0.238 e. The van der Waals surface area contributed by atoms with Gasteiger partial charge in [-0.25, -0.2) is 4.98 Å². The van der Waals surface area contributed by atoms with Gasteiger partial charge in [-0.15, -0.1) is 0 Å². The van der Waals surface area contributed by atoms with Gasteiger partial charge in [0.2, 0.25) is 11.8 Å². The predicted molar refractivity (Wildman–Crippen MR) is 105 cm³/mol. The summed E-state index contributed by atoms with van der Waals surface area (Å²) in [5.41, 5.74) is 1.81. The molecule has 4 rings (SSSR count). The third-order valence-corrected chi connectivity index (χ3v) is 4.87. The Hall–Kier alpha value is -3.28. The summed E-state index contributed by atoms with van der Waals surface area (Å²) in [7, 11) is 0. The number of piperidine rings is 1. The summed E-state index contributed by atoms with van der Waals surface area (Å²) in [4.78, 5) is 27.6. The van der Waals surface area contributed by atoms with E-state index in [2.05, 4.69) is 15.0 Å². The lowest BCUT2D eigenvalue weighted by atomic mass is 9.94. The van der Waals surface area contributed by atoms with Crippen molar-refractivity contribution in [2.24, 2.45) is 0 Å². The number of hydrogen-bond donors (Lipinski definition) is 0. The lowest BCUT2D eigenvalue weighted by molar-refractivity contribution is -0.131. The molecule has 1 aromatic carbocycles. The van der Waals surface area contributed by atoms with E-state index in [1.165, 1.54) is 0 Å². The van der Waals surface area contributed by atoms with Gasteiger partial charge < -0.3 is 9.64 Å². The summed E-state index contributed by atoms with van der Waals surface area (Å²) in [6.07, 6.45) is 9.17. The largest absolute Gasteiger partial charge is 0.437 e. The zero-order valence-electron chi connectivity index (χ0n) is 15.6. The monoisotopic (exact) mass is 374 g/mol. The molecule has 0 unspecified atom stereocenters. The van der Waals surface area contributed by atoms with Crippen LogP contribution in [0, 0.1) is 0 Å². The van der Waals surface area contributed by atoms with Crippen molar-refractivity contribution in [1.82, 2.24) is 19.9 Å². The summed E-state index contributed by atoms with van der Waals surface area (Å²) < 4.78 is 5.80. The molecule has 0 saturated carbocycles. The van der Waals surface area contributed by atoms with Crippen LogP contribution in [0.25, 0.3) is 0 Å². The van der Waals surface area contributed by atoms with Crippen LogP contribution in [0.3, 0.4) is 0 Å². The summed E-state index contributed by atoms with van der Waals surface area (Å²) >= 11 is 0. The molecule has 0 bridgehead atoms. The Bertz CT molecular complexity index is 918. The molecule has 142 valence electrons. The maximum Gasteiger partial charge on any atom is 0.238 e. The highest BCUT2D eigenvalue weighted by molar-refractivity contribution is 5.78. The number of ether oxygens (including phenoxy) is 1. The molecule has 2 aromatic heterocycles. The van der Waals surface area contributed by atoms with E-state index in [1.807, 2.05) is 47.4 Å². The highest BCUT2D eigenvalue weighted by atomic mass is 16.5. The fourth-order valence-corrected chi connectivity index (χ4v) is 3.45. The Kier molecular flexibility index (Phi) is 5.56. The van der Waals surface area contributed by atoms with Crippen LogP contribution >= 0.6 is 0 Å². The van der Waals surface area contributed by atoms with Gasteiger partial charge in [0.1, 0.15) is 5.75 Å². The van der Waals surface area contributed by atoms with E-state index in [9.17, 15) is 4.79 Å². The fourth-order valence-electron chi connectivity index (χ4n) is 3.45. The molecular formula is C22H22N4O2. The SMILES string of the molecule is O=C(Cc1cccnc1)N1CCC[C@@H](c2cncc(Oc3ccccc3)n2)C1. The van der Waals surface area contributed by atoms with E-state index < -0.39 is 0 Å². The van der Waals surface area contributed by atoms with Crippen molar-refractivity contribution in [3.8, 4) is 11.6 Å². The van der Waals surface area contributed by atoms with Crippen LogP contribution in [0.15, 0.2) is 67.3 Å². The van der Waals surface area contributed by atoms with Crippen LogP contribution in [0.1, 0.15) is 30.0 Å². The van der Waals surface area contributed by atoms with Gasteiger partial charge in [0.05, 0.1) is 18.3 Å². The molecule has 0 aliphatic carbocycles. The number of carbonyl (C=O) groups is 1. The van der Waals surface area contributed by atoms with Crippen molar-refractivity contribution in [3.63, 3.8) is 0 Å². The van der Waals surface area contributed by atoms with Gasteiger partial charge >= 0.3 is 0 Å². The molecule has 3 aromatic rings. The van der Waals surface area contributed by atoms with Crippen molar-refractivity contribution in [3.05, 3.63) is 78.5 Å². The van der Waals surface area contributed by atoms with Crippen LogP contribution < -0.4 is 4.74 Å². The van der Waals surface area contributed by atoms with Crippen LogP contribution in [0.5, 0.6) is 11.6 Å². The van der Waals surface area contributed by atoms with Crippen LogP contribution in [0.2, 0.25) is 0 Å². The minimum absolute atomic E-state index is 0.127. The average molecular weight is 374 g/mol. The second-order valence-corrected chi connectivity index (χ2v) is 6.91. The first-order chi connectivity index (χ1) is 13.8. The predicted octanol–water partition coefficient (Wildman–Crippen LogP) is 3.61. The van der Waals surface area contributed by atoms with E-state index in [4.69, 9.17) is 4.74 Å². The second-order valence-electron chi connectivity index (χ2n) is 6.91. The Morgan fingerprint density at radius 1 is 1.07 bits per heavy atom. The molecule has 6 heteroatoms. The summed E-state index contributed by atoms with van der Waals surface area (Å²) in [5.74, 6) is 1.49. The number of likely N-dealkylation sites (tertiary alicyclic amines) is 1. The maximum absolute atomic E-state index is 12.7. The molecule has 1 atom stereocenters. The number of carbonyl (C=O) groups excluding carboxylic acids is 1. The minimum atomic E-state index is 0.127. The minimum Gasteiger partial charge on any atom is -0.437 e.